The highest BCUT2D eigenvalue weighted by atomic mass is 79.9. The van der Waals surface area contributed by atoms with Crippen molar-refractivity contribution < 1.29 is 14.3 Å². The summed E-state index contributed by atoms with van der Waals surface area (Å²) in [5.41, 5.74) is 3.06. The van der Waals surface area contributed by atoms with Gasteiger partial charge in [0.25, 0.3) is 0 Å². The number of nitriles is 1. The number of anilines is 3. The highest BCUT2D eigenvalue weighted by Gasteiger charge is 2.11. The van der Waals surface area contributed by atoms with E-state index < -0.39 is 0 Å². The van der Waals surface area contributed by atoms with Crippen molar-refractivity contribution in [2.45, 2.75) is 6.92 Å². The van der Waals surface area contributed by atoms with Crippen LogP contribution in [0.15, 0.2) is 65.3 Å². The standard InChI is InChI=1S/C25H24BrN5O3/c1-3-34-24(33)16-31(2)11-5-8-23(32)29-20-9-10-22-21(13-20)25(17(14-27)15-28-22)30-19-7-4-6-18(26)12-19/h4-10,12-13,15H,3,11,16H2,1-2H3,(H,28,30)(H,29,32). The summed E-state index contributed by atoms with van der Waals surface area (Å²) in [4.78, 5) is 30.0. The maximum absolute atomic E-state index is 12.4. The second-order valence-electron chi connectivity index (χ2n) is 7.42. The van der Waals surface area contributed by atoms with Crippen molar-refractivity contribution in [1.82, 2.24) is 9.88 Å². The summed E-state index contributed by atoms with van der Waals surface area (Å²) in [5.74, 6) is -0.619. The molecule has 0 bridgehead atoms. The first kappa shape index (κ1) is 24.9. The van der Waals surface area contributed by atoms with E-state index in [1.807, 2.05) is 24.3 Å². The zero-order valence-corrected chi connectivity index (χ0v) is 20.4. The molecule has 34 heavy (non-hydrogen) atoms. The normalized spacial score (nSPS) is 10.9. The Labute approximate surface area is 206 Å². The zero-order valence-electron chi connectivity index (χ0n) is 18.8. The third-order valence-corrected chi connectivity index (χ3v) is 5.23. The van der Waals surface area contributed by atoms with Gasteiger partial charge in [-0.3, -0.25) is 19.5 Å². The number of rotatable bonds is 9. The second-order valence-corrected chi connectivity index (χ2v) is 8.34. The van der Waals surface area contributed by atoms with Gasteiger partial charge in [0.05, 0.1) is 29.9 Å². The van der Waals surface area contributed by atoms with E-state index in [2.05, 4.69) is 37.6 Å². The monoisotopic (exact) mass is 521 g/mol. The molecular weight excluding hydrogens is 498 g/mol. The molecule has 0 saturated heterocycles. The summed E-state index contributed by atoms with van der Waals surface area (Å²) >= 11 is 3.45. The van der Waals surface area contributed by atoms with Gasteiger partial charge in [0.2, 0.25) is 5.91 Å². The molecule has 0 atom stereocenters. The minimum atomic E-state index is -0.310. The van der Waals surface area contributed by atoms with Crippen molar-refractivity contribution in [3.05, 3.63) is 70.8 Å². The van der Waals surface area contributed by atoms with Crippen LogP contribution in [0.4, 0.5) is 17.1 Å². The number of nitrogens with zero attached hydrogens (tertiary/aromatic N) is 3. The molecule has 1 heterocycles. The molecule has 0 spiro atoms. The molecule has 9 heteroatoms. The number of carbonyl (C=O) groups is 2. The van der Waals surface area contributed by atoms with E-state index >= 15 is 0 Å². The fraction of sp³-hybridized carbons (Fsp3) is 0.200. The van der Waals surface area contributed by atoms with E-state index in [9.17, 15) is 14.9 Å². The third kappa shape index (κ3) is 6.88. The second kappa shape index (κ2) is 11.9. The molecule has 3 rings (SSSR count). The van der Waals surface area contributed by atoms with Gasteiger partial charge >= 0.3 is 5.97 Å². The number of hydrogen-bond donors (Lipinski definition) is 2. The molecule has 8 nitrogen and oxygen atoms in total. The number of carbonyl (C=O) groups excluding carboxylic acids is 2. The number of likely N-dealkylation sites (N-methyl/N-ethyl adjacent to an activating group) is 1. The molecule has 0 fully saturated rings. The van der Waals surface area contributed by atoms with E-state index in [-0.39, 0.29) is 18.4 Å². The molecule has 0 aliphatic carbocycles. The van der Waals surface area contributed by atoms with Gasteiger partial charge in [0, 0.05) is 40.1 Å². The summed E-state index contributed by atoms with van der Waals surface area (Å²) in [6.45, 7) is 2.65. The highest BCUT2D eigenvalue weighted by molar-refractivity contribution is 9.10. The van der Waals surface area contributed by atoms with Gasteiger partial charge in [-0.15, -0.1) is 0 Å². The van der Waals surface area contributed by atoms with Crippen molar-refractivity contribution >= 4 is 55.8 Å². The van der Waals surface area contributed by atoms with Gasteiger partial charge < -0.3 is 15.4 Å². The van der Waals surface area contributed by atoms with Crippen molar-refractivity contribution in [2.24, 2.45) is 0 Å². The number of esters is 1. The first-order valence-corrected chi connectivity index (χ1v) is 11.4. The lowest BCUT2D eigenvalue weighted by Gasteiger charge is -2.13. The van der Waals surface area contributed by atoms with Crippen molar-refractivity contribution in [2.75, 3.05) is 37.4 Å². The Bertz CT molecular complexity index is 1270. The number of halogens is 1. The van der Waals surface area contributed by atoms with Crippen LogP contribution in [0, 0.1) is 11.3 Å². The number of amides is 1. The Morgan fingerprint density at radius 3 is 2.79 bits per heavy atom. The Morgan fingerprint density at radius 1 is 1.24 bits per heavy atom. The number of aromatic nitrogens is 1. The Hall–Kier alpha value is -3.74. The SMILES string of the molecule is CCOC(=O)CN(C)CC=CC(=O)Nc1ccc2ncc(C#N)c(Nc3cccc(Br)c3)c2c1. The van der Waals surface area contributed by atoms with Crippen LogP contribution in [0.3, 0.4) is 0 Å². The number of pyridine rings is 1. The lowest BCUT2D eigenvalue weighted by molar-refractivity contribution is -0.143. The molecule has 2 aromatic carbocycles. The first-order valence-electron chi connectivity index (χ1n) is 10.6. The highest BCUT2D eigenvalue weighted by Crippen LogP contribution is 2.31. The molecule has 1 amide bonds. The van der Waals surface area contributed by atoms with Gasteiger partial charge in [0.1, 0.15) is 6.07 Å². The smallest absolute Gasteiger partial charge is 0.320 e. The number of ether oxygens (including phenoxy) is 1. The number of nitrogens with one attached hydrogen (secondary N) is 2. The van der Waals surface area contributed by atoms with Crippen LogP contribution in [-0.2, 0) is 14.3 Å². The molecule has 0 unspecified atom stereocenters. The van der Waals surface area contributed by atoms with Crippen molar-refractivity contribution in [3.63, 3.8) is 0 Å². The fourth-order valence-electron chi connectivity index (χ4n) is 3.22. The van der Waals surface area contributed by atoms with Crippen LogP contribution in [0.1, 0.15) is 12.5 Å². The average molecular weight is 522 g/mol. The molecule has 1 aromatic heterocycles. The first-order chi connectivity index (χ1) is 16.4. The maximum Gasteiger partial charge on any atom is 0.320 e. The molecule has 174 valence electrons. The topological polar surface area (TPSA) is 107 Å². The van der Waals surface area contributed by atoms with Crippen LogP contribution in [-0.4, -0.2) is 48.5 Å². The van der Waals surface area contributed by atoms with Crippen molar-refractivity contribution in [1.29, 1.82) is 5.26 Å². The van der Waals surface area contributed by atoms with E-state index in [0.29, 0.717) is 41.0 Å². The fourth-order valence-corrected chi connectivity index (χ4v) is 3.61. The van der Waals surface area contributed by atoms with Crippen LogP contribution >= 0.6 is 15.9 Å². The molecule has 0 aliphatic heterocycles. The number of fused-ring (bicyclic) bond motifs is 1. The number of hydrogen-bond acceptors (Lipinski definition) is 7. The van der Waals surface area contributed by atoms with E-state index in [0.717, 1.165) is 10.2 Å². The van der Waals surface area contributed by atoms with E-state index in [1.54, 1.807) is 43.1 Å². The lowest BCUT2D eigenvalue weighted by atomic mass is 10.1. The van der Waals surface area contributed by atoms with Crippen molar-refractivity contribution in [3.8, 4) is 6.07 Å². The van der Waals surface area contributed by atoms with Crippen LogP contribution in [0.25, 0.3) is 10.9 Å². The summed E-state index contributed by atoms with van der Waals surface area (Å²) in [6.07, 6.45) is 4.61. The molecule has 2 N–H and O–H groups in total. The average Bonchev–Trinajstić information content (AvgIpc) is 2.79. The largest absolute Gasteiger partial charge is 0.465 e. The minimum absolute atomic E-state index is 0.145. The predicted molar refractivity (Wildman–Crippen MR) is 136 cm³/mol. The maximum atomic E-state index is 12.4. The summed E-state index contributed by atoms with van der Waals surface area (Å²) in [5, 5.41) is 16.4. The molecule has 0 aliphatic rings. The molecular formula is C25H24BrN5O3. The quantitative estimate of drug-likeness (QED) is 0.312. The van der Waals surface area contributed by atoms with Crippen LogP contribution in [0.2, 0.25) is 0 Å². The Kier molecular flexibility index (Phi) is 8.73. The van der Waals surface area contributed by atoms with E-state index in [1.165, 1.54) is 12.3 Å². The van der Waals surface area contributed by atoms with Gasteiger partial charge in [-0.2, -0.15) is 5.26 Å². The molecule has 3 aromatic rings. The van der Waals surface area contributed by atoms with Gasteiger partial charge in [-0.1, -0.05) is 28.1 Å². The lowest BCUT2D eigenvalue weighted by Crippen LogP contribution is -2.27. The van der Waals surface area contributed by atoms with Gasteiger partial charge in [-0.05, 0) is 50.4 Å². The molecule has 0 radical (unpaired) electrons. The van der Waals surface area contributed by atoms with E-state index in [4.69, 9.17) is 4.74 Å². The molecule has 0 saturated carbocycles. The summed E-state index contributed by atoms with van der Waals surface area (Å²) < 4.78 is 5.81. The Balaban J connectivity index is 1.75. The number of benzene rings is 2. The van der Waals surface area contributed by atoms with Crippen LogP contribution < -0.4 is 10.6 Å². The predicted octanol–water partition coefficient (Wildman–Crippen LogP) is 4.60. The third-order valence-electron chi connectivity index (χ3n) is 4.74. The minimum Gasteiger partial charge on any atom is -0.465 e. The Morgan fingerprint density at radius 2 is 2.06 bits per heavy atom. The van der Waals surface area contributed by atoms with Gasteiger partial charge in [0.15, 0.2) is 0 Å². The summed E-state index contributed by atoms with van der Waals surface area (Å²) in [6, 6.07) is 15.1. The van der Waals surface area contributed by atoms with Gasteiger partial charge in [-0.25, -0.2) is 0 Å². The summed E-state index contributed by atoms with van der Waals surface area (Å²) in [7, 11) is 1.77. The zero-order chi connectivity index (χ0) is 24.5. The van der Waals surface area contributed by atoms with Crippen LogP contribution in [0.5, 0.6) is 0 Å².